The van der Waals surface area contributed by atoms with Gasteiger partial charge in [-0.05, 0) is 17.5 Å². The number of hydrogen-bond donors (Lipinski definition) is 2. The second-order valence-electron chi connectivity index (χ2n) is 6.26. The molecule has 1 saturated heterocycles. The number of anilines is 3. The number of nitrogens with two attached hydrogens (primary N) is 1. The lowest BCUT2D eigenvalue weighted by molar-refractivity contribution is 0.0513. The van der Waals surface area contributed by atoms with E-state index in [2.05, 4.69) is 44.5 Å². The summed E-state index contributed by atoms with van der Waals surface area (Å²) in [6.45, 7) is 4.44. The molecule has 3 heterocycles. The lowest BCUT2D eigenvalue weighted by Crippen LogP contribution is -2.37. The fourth-order valence-corrected chi connectivity index (χ4v) is 3.34. The van der Waals surface area contributed by atoms with Crippen molar-refractivity contribution >= 4 is 17.6 Å². The molecule has 2 aliphatic heterocycles. The Balaban J connectivity index is 1.47. The van der Waals surface area contributed by atoms with Gasteiger partial charge in [0.2, 0.25) is 5.95 Å². The van der Waals surface area contributed by atoms with E-state index in [1.165, 1.54) is 11.1 Å². The van der Waals surface area contributed by atoms with Crippen LogP contribution in [0, 0.1) is 0 Å². The van der Waals surface area contributed by atoms with Gasteiger partial charge < -0.3 is 25.4 Å². The average Bonchev–Trinajstić information content (AvgIpc) is 2.66. The zero-order valence-electron chi connectivity index (χ0n) is 14.1. The lowest BCUT2D eigenvalue weighted by atomic mass is 9.97. The third kappa shape index (κ3) is 3.67. The van der Waals surface area contributed by atoms with Crippen LogP contribution in [-0.4, -0.2) is 49.4 Å². The van der Waals surface area contributed by atoms with Gasteiger partial charge in [-0.3, -0.25) is 0 Å². The molecule has 0 aliphatic carbocycles. The molecule has 1 fully saturated rings. The van der Waals surface area contributed by atoms with E-state index >= 15 is 0 Å². The van der Waals surface area contributed by atoms with Crippen LogP contribution in [0.5, 0.6) is 0 Å². The van der Waals surface area contributed by atoms with Crippen LogP contribution in [0.4, 0.5) is 17.6 Å². The highest BCUT2D eigenvalue weighted by atomic mass is 16.5. The molecule has 2 aromatic rings. The Bertz CT molecular complexity index is 733. The summed E-state index contributed by atoms with van der Waals surface area (Å²) in [6.07, 6.45) is 0.988. The van der Waals surface area contributed by atoms with Crippen molar-refractivity contribution in [3.8, 4) is 0 Å². The van der Waals surface area contributed by atoms with Gasteiger partial charge in [0.15, 0.2) is 0 Å². The van der Waals surface area contributed by atoms with Gasteiger partial charge >= 0.3 is 0 Å². The third-order valence-electron chi connectivity index (χ3n) is 4.63. The molecule has 0 unspecified atom stereocenters. The number of aromatic nitrogens is 2. The quantitative estimate of drug-likeness (QED) is 0.874. The Morgan fingerprint density at radius 3 is 2.88 bits per heavy atom. The van der Waals surface area contributed by atoms with Crippen LogP contribution < -0.4 is 16.0 Å². The van der Waals surface area contributed by atoms with Crippen molar-refractivity contribution in [3.63, 3.8) is 0 Å². The summed E-state index contributed by atoms with van der Waals surface area (Å²) < 4.78 is 11.3. The largest absolute Gasteiger partial charge is 0.378 e. The van der Waals surface area contributed by atoms with Crippen molar-refractivity contribution in [2.75, 3.05) is 55.4 Å². The van der Waals surface area contributed by atoms with Gasteiger partial charge in [-0.1, -0.05) is 24.3 Å². The topological polar surface area (TPSA) is 85.5 Å². The first kappa shape index (κ1) is 16.1. The first-order valence-electron chi connectivity index (χ1n) is 8.70. The highest BCUT2D eigenvalue weighted by Gasteiger charge is 2.21. The maximum absolute atomic E-state index is 5.94. The van der Waals surface area contributed by atoms with E-state index in [9.17, 15) is 0 Å². The average molecular weight is 341 g/mol. The van der Waals surface area contributed by atoms with Crippen LogP contribution in [0.15, 0.2) is 30.3 Å². The molecule has 0 radical (unpaired) electrons. The molecule has 1 atom stereocenters. The maximum atomic E-state index is 5.94. The molecule has 0 saturated carbocycles. The summed E-state index contributed by atoms with van der Waals surface area (Å²) in [5, 5.41) is 3.36. The number of ether oxygens (including phenoxy) is 2. The van der Waals surface area contributed by atoms with Crippen molar-refractivity contribution in [2.45, 2.75) is 12.5 Å². The van der Waals surface area contributed by atoms with Gasteiger partial charge in [0.05, 0.1) is 25.9 Å². The molecule has 7 heteroatoms. The predicted molar refractivity (Wildman–Crippen MR) is 96.8 cm³/mol. The van der Waals surface area contributed by atoms with E-state index in [0.29, 0.717) is 19.8 Å². The molecule has 3 N–H and O–H groups in total. The van der Waals surface area contributed by atoms with E-state index in [1.807, 2.05) is 6.07 Å². The van der Waals surface area contributed by atoms with Crippen molar-refractivity contribution in [1.29, 1.82) is 0 Å². The number of nitrogens with zero attached hydrogens (tertiary/aromatic N) is 3. The lowest BCUT2D eigenvalue weighted by Gasteiger charge is -2.28. The summed E-state index contributed by atoms with van der Waals surface area (Å²) in [6, 6.07) is 10.4. The molecule has 4 rings (SSSR count). The molecule has 132 valence electrons. The van der Waals surface area contributed by atoms with Gasteiger partial charge in [-0.2, -0.15) is 9.97 Å². The first-order chi connectivity index (χ1) is 12.3. The second-order valence-corrected chi connectivity index (χ2v) is 6.26. The third-order valence-corrected chi connectivity index (χ3v) is 4.63. The maximum Gasteiger partial charge on any atom is 0.223 e. The predicted octanol–water partition coefficient (Wildman–Crippen LogP) is 1.62. The van der Waals surface area contributed by atoms with Crippen LogP contribution in [0.3, 0.4) is 0 Å². The van der Waals surface area contributed by atoms with Crippen molar-refractivity contribution in [2.24, 2.45) is 0 Å². The Kier molecular flexibility index (Phi) is 4.67. The van der Waals surface area contributed by atoms with Crippen molar-refractivity contribution in [3.05, 3.63) is 41.5 Å². The van der Waals surface area contributed by atoms with E-state index in [-0.39, 0.29) is 12.1 Å². The fourth-order valence-electron chi connectivity index (χ4n) is 3.34. The smallest absolute Gasteiger partial charge is 0.223 e. The highest BCUT2D eigenvalue weighted by molar-refractivity contribution is 5.53. The minimum Gasteiger partial charge on any atom is -0.378 e. The number of rotatable bonds is 4. The van der Waals surface area contributed by atoms with Crippen molar-refractivity contribution < 1.29 is 9.47 Å². The molecular weight excluding hydrogens is 318 g/mol. The van der Waals surface area contributed by atoms with E-state index in [0.717, 1.165) is 37.8 Å². The molecule has 0 amide bonds. The highest BCUT2D eigenvalue weighted by Crippen LogP contribution is 2.27. The number of benzene rings is 1. The number of hydrogen-bond acceptors (Lipinski definition) is 7. The zero-order chi connectivity index (χ0) is 17.1. The Labute approximate surface area is 147 Å². The zero-order valence-corrected chi connectivity index (χ0v) is 14.1. The van der Waals surface area contributed by atoms with Crippen molar-refractivity contribution in [1.82, 2.24) is 9.97 Å². The van der Waals surface area contributed by atoms with Crippen LogP contribution >= 0.6 is 0 Å². The first-order valence-corrected chi connectivity index (χ1v) is 8.70. The summed E-state index contributed by atoms with van der Waals surface area (Å²) in [5.41, 5.74) is 8.51. The molecule has 1 aromatic carbocycles. The SMILES string of the molecule is Nc1nc(NC[C@@H]2OCCc3ccccc32)cc(N2CCOCC2)n1. The Morgan fingerprint density at radius 1 is 1.16 bits per heavy atom. The molecule has 0 bridgehead atoms. The monoisotopic (exact) mass is 341 g/mol. The van der Waals surface area contributed by atoms with E-state index in [4.69, 9.17) is 15.2 Å². The Hall–Kier alpha value is -2.38. The van der Waals surface area contributed by atoms with Crippen LogP contribution in [0.2, 0.25) is 0 Å². The second kappa shape index (κ2) is 7.25. The summed E-state index contributed by atoms with van der Waals surface area (Å²) in [7, 11) is 0. The van der Waals surface area contributed by atoms with Gasteiger partial charge in [0, 0.05) is 25.7 Å². The minimum absolute atomic E-state index is 0.0213. The molecule has 1 aromatic heterocycles. The molecule has 7 nitrogen and oxygen atoms in total. The van der Waals surface area contributed by atoms with Gasteiger partial charge in [-0.15, -0.1) is 0 Å². The van der Waals surface area contributed by atoms with E-state index in [1.54, 1.807) is 0 Å². The molecular formula is C18H23N5O2. The van der Waals surface area contributed by atoms with Crippen LogP contribution in [0.1, 0.15) is 17.2 Å². The Morgan fingerprint density at radius 2 is 2.00 bits per heavy atom. The van der Waals surface area contributed by atoms with Gasteiger partial charge in [0.1, 0.15) is 11.6 Å². The van der Waals surface area contributed by atoms with Gasteiger partial charge in [0.25, 0.3) is 0 Å². The fraction of sp³-hybridized carbons (Fsp3) is 0.444. The number of morpholine rings is 1. The summed E-state index contributed by atoms with van der Waals surface area (Å²) in [5.74, 6) is 1.83. The molecule has 2 aliphatic rings. The summed E-state index contributed by atoms with van der Waals surface area (Å²) >= 11 is 0. The van der Waals surface area contributed by atoms with E-state index < -0.39 is 0 Å². The van der Waals surface area contributed by atoms with Crippen LogP contribution in [-0.2, 0) is 15.9 Å². The number of fused-ring (bicyclic) bond motifs is 1. The molecule has 0 spiro atoms. The summed E-state index contributed by atoms with van der Waals surface area (Å²) in [4.78, 5) is 10.8. The van der Waals surface area contributed by atoms with Crippen LogP contribution in [0.25, 0.3) is 0 Å². The van der Waals surface area contributed by atoms with Gasteiger partial charge in [-0.25, -0.2) is 0 Å². The number of nitrogen functional groups attached to an aromatic ring is 1. The normalized spacial score (nSPS) is 20.2. The minimum atomic E-state index is 0.0213. The number of nitrogens with one attached hydrogen (secondary N) is 1. The standard InChI is InChI=1S/C18H23N5O2/c19-18-21-16(11-17(22-18)23-6-9-24-10-7-23)20-12-15-14-4-2-1-3-13(14)5-8-25-15/h1-4,11,15H,5-10,12H2,(H3,19,20,21,22)/t15-/m0/s1. The molecule has 25 heavy (non-hydrogen) atoms.